The topological polar surface area (TPSA) is 34.0 Å². The molecule has 5 heteroatoms. The van der Waals surface area contributed by atoms with Crippen molar-refractivity contribution >= 4 is 11.6 Å². The van der Waals surface area contributed by atoms with Crippen molar-refractivity contribution in [1.29, 1.82) is 0 Å². The number of hydrogen-bond donors (Lipinski definition) is 1. The molecule has 1 heterocycles. The summed E-state index contributed by atoms with van der Waals surface area (Å²) in [5, 5.41) is 2.38. The molecule has 0 saturated carbocycles. The van der Waals surface area contributed by atoms with Gasteiger partial charge in [-0.3, -0.25) is 4.79 Å². The van der Waals surface area contributed by atoms with Crippen LogP contribution in [0, 0.1) is 11.6 Å². The molecular weight excluding hydrogens is 286 g/mol. The molecule has 110 valence electrons. The average molecular weight is 298 g/mol. The van der Waals surface area contributed by atoms with Gasteiger partial charge in [0.25, 0.3) is 5.91 Å². The number of halogens is 2. The molecular formula is C17H12F2N2O. The predicted octanol–water partition coefficient (Wildman–Crippen LogP) is 4.01. The van der Waals surface area contributed by atoms with Gasteiger partial charge in [-0.15, -0.1) is 0 Å². The Hall–Kier alpha value is -2.95. The van der Waals surface area contributed by atoms with E-state index in [0.717, 1.165) is 23.9 Å². The minimum absolute atomic E-state index is 0.184. The number of nitrogens with zero attached hydrogens (tertiary/aromatic N) is 1. The third-order valence-corrected chi connectivity index (χ3v) is 3.19. The van der Waals surface area contributed by atoms with Crippen LogP contribution in [0.3, 0.4) is 0 Å². The number of nitrogens with one attached hydrogen (secondary N) is 1. The van der Waals surface area contributed by atoms with Crippen LogP contribution >= 0.6 is 0 Å². The molecule has 0 unspecified atom stereocenters. The average Bonchev–Trinajstić information content (AvgIpc) is 3.05. The third kappa shape index (κ3) is 2.88. The van der Waals surface area contributed by atoms with Crippen LogP contribution in [-0.4, -0.2) is 10.5 Å². The quantitative estimate of drug-likeness (QED) is 0.779. The molecule has 0 aliphatic heterocycles. The summed E-state index contributed by atoms with van der Waals surface area (Å²) in [5.74, 6) is -1.80. The van der Waals surface area contributed by atoms with Gasteiger partial charge in [0.05, 0.1) is 5.69 Å². The molecule has 1 amide bonds. The number of amides is 1. The minimum atomic E-state index is -0.684. The van der Waals surface area contributed by atoms with Crippen LogP contribution < -0.4 is 5.32 Å². The van der Waals surface area contributed by atoms with Crippen molar-refractivity contribution in [2.24, 2.45) is 0 Å². The fourth-order valence-corrected chi connectivity index (χ4v) is 2.10. The van der Waals surface area contributed by atoms with E-state index in [9.17, 15) is 13.6 Å². The van der Waals surface area contributed by atoms with Crippen molar-refractivity contribution in [1.82, 2.24) is 4.57 Å². The summed E-state index contributed by atoms with van der Waals surface area (Å²) in [6, 6.07) is 13.5. The Morgan fingerprint density at radius 1 is 0.955 bits per heavy atom. The van der Waals surface area contributed by atoms with E-state index in [1.54, 1.807) is 18.2 Å². The molecule has 3 aromatic rings. The van der Waals surface area contributed by atoms with E-state index in [1.807, 2.05) is 35.2 Å². The van der Waals surface area contributed by atoms with E-state index in [0.29, 0.717) is 5.56 Å². The normalized spacial score (nSPS) is 10.5. The summed E-state index contributed by atoms with van der Waals surface area (Å²) in [6.45, 7) is 0. The van der Waals surface area contributed by atoms with Crippen molar-refractivity contribution in [3.05, 3.63) is 84.2 Å². The summed E-state index contributed by atoms with van der Waals surface area (Å²) < 4.78 is 28.5. The summed E-state index contributed by atoms with van der Waals surface area (Å²) in [4.78, 5) is 12.2. The maximum Gasteiger partial charge on any atom is 0.255 e. The third-order valence-electron chi connectivity index (χ3n) is 3.19. The Balaban J connectivity index is 1.86. The lowest BCUT2D eigenvalue weighted by molar-refractivity contribution is 0.102. The number of carbonyl (C=O) groups is 1. The van der Waals surface area contributed by atoms with Crippen molar-refractivity contribution in [3.63, 3.8) is 0 Å². The summed E-state index contributed by atoms with van der Waals surface area (Å²) in [7, 11) is 0. The van der Waals surface area contributed by atoms with Crippen molar-refractivity contribution < 1.29 is 13.6 Å². The van der Waals surface area contributed by atoms with Gasteiger partial charge in [0.2, 0.25) is 0 Å². The van der Waals surface area contributed by atoms with Crippen LogP contribution in [-0.2, 0) is 0 Å². The Morgan fingerprint density at radius 3 is 2.50 bits per heavy atom. The molecule has 0 aliphatic rings. The molecule has 0 spiro atoms. The molecule has 0 aliphatic carbocycles. The zero-order chi connectivity index (χ0) is 15.5. The standard InChI is InChI=1S/C17H12F2N2O/c18-13-6-7-15(19)16(11-13)20-17(22)12-4-3-5-14(10-12)21-8-1-2-9-21/h1-11H,(H,20,22). The predicted molar refractivity (Wildman–Crippen MR) is 80.1 cm³/mol. The van der Waals surface area contributed by atoms with Gasteiger partial charge in [0.1, 0.15) is 11.6 Å². The molecule has 0 radical (unpaired) electrons. The first-order chi connectivity index (χ1) is 10.6. The van der Waals surface area contributed by atoms with Gasteiger partial charge in [-0.25, -0.2) is 8.78 Å². The lowest BCUT2D eigenvalue weighted by Gasteiger charge is -2.08. The van der Waals surface area contributed by atoms with Crippen LogP contribution in [0.2, 0.25) is 0 Å². The number of carbonyl (C=O) groups excluding carboxylic acids is 1. The lowest BCUT2D eigenvalue weighted by Crippen LogP contribution is -2.13. The zero-order valence-electron chi connectivity index (χ0n) is 11.5. The molecule has 0 atom stereocenters. The second kappa shape index (κ2) is 5.81. The van der Waals surface area contributed by atoms with Crippen molar-refractivity contribution in [2.45, 2.75) is 0 Å². The van der Waals surface area contributed by atoms with Crippen molar-refractivity contribution in [3.8, 4) is 5.69 Å². The van der Waals surface area contributed by atoms with Gasteiger partial charge in [0.15, 0.2) is 0 Å². The number of rotatable bonds is 3. The Morgan fingerprint density at radius 2 is 1.73 bits per heavy atom. The Bertz CT molecular complexity index is 813. The maximum atomic E-state index is 13.6. The zero-order valence-corrected chi connectivity index (χ0v) is 11.5. The maximum absolute atomic E-state index is 13.6. The first-order valence-corrected chi connectivity index (χ1v) is 6.63. The first-order valence-electron chi connectivity index (χ1n) is 6.63. The second-order valence-electron chi connectivity index (χ2n) is 4.72. The number of anilines is 1. The number of hydrogen-bond acceptors (Lipinski definition) is 1. The molecule has 0 bridgehead atoms. The van der Waals surface area contributed by atoms with Gasteiger partial charge in [-0.1, -0.05) is 6.07 Å². The van der Waals surface area contributed by atoms with E-state index < -0.39 is 17.5 Å². The highest BCUT2D eigenvalue weighted by Crippen LogP contribution is 2.17. The fourth-order valence-electron chi connectivity index (χ4n) is 2.10. The second-order valence-corrected chi connectivity index (χ2v) is 4.72. The Labute approximate surface area is 125 Å². The highest BCUT2D eigenvalue weighted by atomic mass is 19.1. The SMILES string of the molecule is O=C(Nc1cc(F)ccc1F)c1cccc(-n2cccc2)c1. The highest BCUT2D eigenvalue weighted by molar-refractivity contribution is 6.04. The Kier molecular flexibility index (Phi) is 3.70. The van der Waals surface area contributed by atoms with E-state index >= 15 is 0 Å². The van der Waals surface area contributed by atoms with Crippen LogP contribution in [0.15, 0.2) is 67.0 Å². The van der Waals surface area contributed by atoms with Gasteiger partial charge in [-0.2, -0.15) is 0 Å². The fraction of sp³-hybridized carbons (Fsp3) is 0. The van der Waals surface area contributed by atoms with Crippen molar-refractivity contribution in [2.75, 3.05) is 5.32 Å². The lowest BCUT2D eigenvalue weighted by atomic mass is 10.1. The van der Waals surface area contributed by atoms with Crippen LogP contribution in [0.25, 0.3) is 5.69 Å². The number of aromatic nitrogens is 1. The summed E-state index contributed by atoms with van der Waals surface area (Å²) >= 11 is 0. The van der Waals surface area contributed by atoms with Crippen LogP contribution in [0.1, 0.15) is 10.4 Å². The van der Waals surface area contributed by atoms with E-state index in [-0.39, 0.29) is 5.69 Å². The van der Waals surface area contributed by atoms with Gasteiger partial charge < -0.3 is 9.88 Å². The highest BCUT2D eigenvalue weighted by Gasteiger charge is 2.11. The van der Waals surface area contributed by atoms with E-state index in [4.69, 9.17) is 0 Å². The van der Waals surface area contributed by atoms with Gasteiger partial charge >= 0.3 is 0 Å². The molecule has 22 heavy (non-hydrogen) atoms. The molecule has 3 nitrogen and oxygen atoms in total. The molecule has 2 aromatic carbocycles. The van der Waals surface area contributed by atoms with E-state index in [1.165, 1.54) is 0 Å². The van der Waals surface area contributed by atoms with Crippen LogP contribution in [0.5, 0.6) is 0 Å². The first kappa shape index (κ1) is 14.0. The molecule has 3 rings (SSSR count). The summed E-state index contributed by atoms with van der Waals surface area (Å²) in [5.41, 5.74) is 0.976. The molecule has 0 saturated heterocycles. The largest absolute Gasteiger partial charge is 0.324 e. The molecule has 1 N–H and O–H groups in total. The van der Waals surface area contributed by atoms with Gasteiger partial charge in [-0.05, 0) is 42.5 Å². The van der Waals surface area contributed by atoms with E-state index in [2.05, 4.69) is 5.32 Å². The minimum Gasteiger partial charge on any atom is -0.324 e. The van der Waals surface area contributed by atoms with Crippen LogP contribution in [0.4, 0.5) is 14.5 Å². The summed E-state index contributed by atoms with van der Waals surface area (Å²) in [6.07, 6.45) is 3.70. The molecule has 1 aromatic heterocycles. The number of benzene rings is 2. The molecule has 0 fully saturated rings. The van der Waals surface area contributed by atoms with Gasteiger partial charge in [0, 0.05) is 29.7 Å². The monoisotopic (exact) mass is 298 g/mol. The smallest absolute Gasteiger partial charge is 0.255 e.